The number of nitrogens with zero attached hydrogens (tertiary/aromatic N) is 3. The Morgan fingerprint density at radius 3 is 2.84 bits per heavy atom. The van der Waals surface area contributed by atoms with E-state index < -0.39 is 0 Å². The monoisotopic (exact) mass is 282 g/mol. The fraction of sp³-hybridized carbons (Fsp3) is 0.538. The van der Waals surface area contributed by atoms with Gasteiger partial charge in [-0.25, -0.2) is 0 Å². The molecule has 2 heterocycles. The van der Waals surface area contributed by atoms with Gasteiger partial charge in [0.2, 0.25) is 0 Å². The molecular formula is C13H19ClN4O. The lowest BCUT2D eigenvalue weighted by Crippen LogP contribution is -2.13. The Morgan fingerprint density at radius 1 is 1.42 bits per heavy atom. The largest absolute Gasteiger partial charge is 0.359 e. The van der Waals surface area contributed by atoms with E-state index in [-0.39, 0.29) is 0 Å². The highest BCUT2D eigenvalue weighted by Crippen LogP contribution is 2.19. The average Bonchev–Trinajstić information content (AvgIpc) is 2.92. The Labute approximate surface area is 117 Å². The van der Waals surface area contributed by atoms with Crippen LogP contribution < -0.4 is 5.32 Å². The van der Waals surface area contributed by atoms with Crippen LogP contribution in [0.1, 0.15) is 36.2 Å². The zero-order valence-electron chi connectivity index (χ0n) is 11.5. The zero-order chi connectivity index (χ0) is 13.8. The van der Waals surface area contributed by atoms with Gasteiger partial charge in [0.25, 0.3) is 0 Å². The molecule has 0 aliphatic carbocycles. The van der Waals surface area contributed by atoms with E-state index in [2.05, 4.69) is 22.5 Å². The lowest BCUT2D eigenvalue weighted by Gasteiger charge is -2.00. The summed E-state index contributed by atoms with van der Waals surface area (Å²) < 4.78 is 7.14. The number of nitrogens with one attached hydrogen (secondary N) is 1. The first-order valence-electron chi connectivity index (χ1n) is 6.46. The van der Waals surface area contributed by atoms with Crippen molar-refractivity contribution in [2.75, 3.05) is 6.54 Å². The molecule has 0 aliphatic heterocycles. The van der Waals surface area contributed by atoms with Crippen LogP contribution >= 0.6 is 11.6 Å². The van der Waals surface area contributed by atoms with Crippen LogP contribution in [-0.2, 0) is 13.1 Å². The summed E-state index contributed by atoms with van der Waals surface area (Å²) >= 11 is 6.11. The van der Waals surface area contributed by atoms with Crippen LogP contribution in [0.2, 0.25) is 5.02 Å². The van der Waals surface area contributed by atoms with Crippen LogP contribution in [-0.4, -0.2) is 21.5 Å². The fourth-order valence-corrected chi connectivity index (χ4v) is 2.02. The maximum atomic E-state index is 6.11. The van der Waals surface area contributed by atoms with Gasteiger partial charge in [0.15, 0.2) is 5.76 Å². The van der Waals surface area contributed by atoms with E-state index in [9.17, 15) is 0 Å². The number of hydrogen-bond acceptors (Lipinski definition) is 4. The van der Waals surface area contributed by atoms with E-state index in [1.54, 1.807) is 0 Å². The highest BCUT2D eigenvalue weighted by Gasteiger charge is 2.11. The minimum Gasteiger partial charge on any atom is -0.359 e. The van der Waals surface area contributed by atoms with Crippen LogP contribution in [0.25, 0.3) is 0 Å². The van der Waals surface area contributed by atoms with Crippen molar-refractivity contribution in [3.63, 3.8) is 0 Å². The molecule has 0 unspecified atom stereocenters. The second kappa shape index (κ2) is 6.21. The maximum absolute atomic E-state index is 6.11. The molecule has 0 bridgehead atoms. The molecule has 6 heteroatoms. The van der Waals surface area contributed by atoms with E-state index in [1.165, 1.54) is 0 Å². The molecule has 5 nitrogen and oxygen atoms in total. The average molecular weight is 283 g/mol. The molecule has 2 aromatic heterocycles. The van der Waals surface area contributed by atoms with Crippen LogP contribution in [0.5, 0.6) is 0 Å². The third kappa shape index (κ3) is 3.36. The molecule has 0 atom stereocenters. The summed E-state index contributed by atoms with van der Waals surface area (Å²) in [5.74, 6) is 0.788. The van der Waals surface area contributed by atoms with Crippen LogP contribution in [0.4, 0.5) is 0 Å². The maximum Gasteiger partial charge on any atom is 0.158 e. The van der Waals surface area contributed by atoms with Gasteiger partial charge < -0.3 is 9.84 Å². The summed E-state index contributed by atoms with van der Waals surface area (Å²) in [5.41, 5.74) is 2.70. The van der Waals surface area contributed by atoms with Gasteiger partial charge in [-0.3, -0.25) is 4.68 Å². The van der Waals surface area contributed by atoms with Gasteiger partial charge in [0.05, 0.1) is 22.1 Å². The fourth-order valence-electron chi connectivity index (χ4n) is 1.88. The van der Waals surface area contributed by atoms with Gasteiger partial charge in [-0.15, -0.1) is 0 Å². The topological polar surface area (TPSA) is 55.9 Å². The predicted molar refractivity (Wildman–Crippen MR) is 74.3 cm³/mol. The van der Waals surface area contributed by atoms with Crippen LogP contribution in [0.15, 0.2) is 10.6 Å². The SMILES string of the molecule is CCCNCc1cc(Cn2nc(C)c(Cl)c2C)on1. The highest BCUT2D eigenvalue weighted by atomic mass is 35.5. The molecule has 2 rings (SSSR count). The molecule has 0 saturated carbocycles. The second-order valence-electron chi connectivity index (χ2n) is 4.60. The van der Waals surface area contributed by atoms with Gasteiger partial charge in [-0.1, -0.05) is 23.7 Å². The first kappa shape index (κ1) is 14.1. The van der Waals surface area contributed by atoms with E-state index in [1.807, 2.05) is 24.6 Å². The molecule has 0 radical (unpaired) electrons. The summed E-state index contributed by atoms with van der Waals surface area (Å²) in [5, 5.41) is 12.4. The number of aryl methyl sites for hydroxylation is 1. The number of rotatable bonds is 6. The van der Waals surface area contributed by atoms with Crippen molar-refractivity contribution in [1.29, 1.82) is 0 Å². The molecule has 0 amide bonds. The molecule has 0 aliphatic rings. The van der Waals surface area contributed by atoms with Crippen molar-refractivity contribution in [1.82, 2.24) is 20.3 Å². The van der Waals surface area contributed by atoms with Crippen molar-refractivity contribution in [3.8, 4) is 0 Å². The van der Waals surface area contributed by atoms with E-state index in [0.717, 1.165) is 42.4 Å². The third-order valence-corrected chi connectivity index (χ3v) is 3.49. The molecule has 19 heavy (non-hydrogen) atoms. The van der Waals surface area contributed by atoms with Gasteiger partial charge in [0, 0.05) is 12.6 Å². The van der Waals surface area contributed by atoms with Gasteiger partial charge in [-0.05, 0) is 26.8 Å². The lowest BCUT2D eigenvalue weighted by atomic mass is 10.3. The van der Waals surface area contributed by atoms with E-state index in [4.69, 9.17) is 16.1 Å². The van der Waals surface area contributed by atoms with Crippen LogP contribution in [0.3, 0.4) is 0 Å². The third-order valence-electron chi connectivity index (χ3n) is 2.94. The normalized spacial score (nSPS) is 11.2. The predicted octanol–water partition coefficient (Wildman–Crippen LogP) is 2.69. The number of halogens is 1. The zero-order valence-corrected chi connectivity index (χ0v) is 12.3. The summed E-state index contributed by atoms with van der Waals surface area (Å²) in [7, 11) is 0. The van der Waals surface area contributed by atoms with Gasteiger partial charge in [-0.2, -0.15) is 5.10 Å². The number of aromatic nitrogens is 3. The number of hydrogen-bond donors (Lipinski definition) is 1. The first-order chi connectivity index (χ1) is 9.11. The Balaban J connectivity index is 2.01. The van der Waals surface area contributed by atoms with Crippen LogP contribution in [0, 0.1) is 13.8 Å². The summed E-state index contributed by atoms with van der Waals surface area (Å²) in [6.07, 6.45) is 1.11. The minimum absolute atomic E-state index is 0.556. The van der Waals surface area contributed by atoms with Crippen molar-refractivity contribution in [2.24, 2.45) is 0 Å². The Bertz CT molecular complexity index is 547. The smallest absolute Gasteiger partial charge is 0.158 e. The van der Waals surface area contributed by atoms with Crippen molar-refractivity contribution < 1.29 is 4.52 Å². The van der Waals surface area contributed by atoms with Crippen molar-refractivity contribution in [2.45, 2.75) is 40.3 Å². The highest BCUT2D eigenvalue weighted by molar-refractivity contribution is 6.31. The lowest BCUT2D eigenvalue weighted by molar-refractivity contribution is 0.363. The first-order valence-corrected chi connectivity index (χ1v) is 6.84. The molecular weight excluding hydrogens is 264 g/mol. The molecule has 1 N–H and O–H groups in total. The van der Waals surface area contributed by atoms with Crippen molar-refractivity contribution in [3.05, 3.63) is 33.9 Å². The molecule has 0 aromatic carbocycles. The quantitative estimate of drug-likeness (QED) is 0.828. The summed E-state index contributed by atoms with van der Waals surface area (Å²) in [6.45, 7) is 8.24. The second-order valence-corrected chi connectivity index (χ2v) is 4.98. The molecule has 0 spiro atoms. The summed E-state index contributed by atoms with van der Waals surface area (Å²) in [4.78, 5) is 0. The Hall–Kier alpha value is -1.33. The summed E-state index contributed by atoms with van der Waals surface area (Å²) in [6, 6.07) is 1.95. The van der Waals surface area contributed by atoms with E-state index in [0.29, 0.717) is 11.6 Å². The van der Waals surface area contributed by atoms with Crippen molar-refractivity contribution >= 4 is 11.6 Å². The Kier molecular flexibility index (Phi) is 4.61. The van der Waals surface area contributed by atoms with E-state index >= 15 is 0 Å². The standard InChI is InChI=1S/C13H19ClN4O/c1-4-5-15-7-11-6-12(19-17-11)8-18-10(3)13(14)9(2)16-18/h6,15H,4-5,7-8H2,1-3H3. The molecule has 0 fully saturated rings. The Morgan fingerprint density at radius 2 is 2.21 bits per heavy atom. The minimum atomic E-state index is 0.556. The molecule has 0 saturated heterocycles. The van der Waals surface area contributed by atoms with Gasteiger partial charge in [0.1, 0.15) is 6.54 Å². The molecule has 104 valence electrons. The molecule has 2 aromatic rings. The van der Waals surface area contributed by atoms with Gasteiger partial charge >= 0.3 is 0 Å².